The van der Waals surface area contributed by atoms with E-state index in [1.165, 1.54) is 16.4 Å². The number of nitrogens with zero attached hydrogens (tertiary/aromatic N) is 1. The van der Waals surface area contributed by atoms with E-state index in [0.29, 0.717) is 17.7 Å². The van der Waals surface area contributed by atoms with Crippen molar-refractivity contribution < 1.29 is 17.6 Å². The Morgan fingerprint density at radius 2 is 1.78 bits per heavy atom. The molecule has 0 bridgehead atoms. The zero-order valence-corrected chi connectivity index (χ0v) is 16.6. The van der Waals surface area contributed by atoms with E-state index in [1.807, 2.05) is 27.7 Å². The maximum absolute atomic E-state index is 13.2. The summed E-state index contributed by atoms with van der Waals surface area (Å²) >= 11 is 0. The van der Waals surface area contributed by atoms with Crippen molar-refractivity contribution in [2.24, 2.45) is 0 Å². The predicted octanol–water partition coefficient (Wildman–Crippen LogP) is 3.49. The highest BCUT2D eigenvalue weighted by Crippen LogP contribution is 2.37. The minimum absolute atomic E-state index is 0.0400. The van der Waals surface area contributed by atoms with Gasteiger partial charge >= 0.3 is 0 Å². The van der Waals surface area contributed by atoms with Gasteiger partial charge in [0.1, 0.15) is 5.82 Å². The Hall–Kier alpha value is -2.41. The molecular formula is C20H23FN2O3S. The quantitative estimate of drug-likeness (QED) is 0.872. The fourth-order valence-corrected chi connectivity index (χ4v) is 4.94. The summed E-state index contributed by atoms with van der Waals surface area (Å²) in [6, 6.07) is 9.54. The molecule has 1 N–H and O–H groups in total. The largest absolute Gasteiger partial charge is 0.347 e. The molecular weight excluding hydrogens is 367 g/mol. The van der Waals surface area contributed by atoms with Gasteiger partial charge in [0.15, 0.2) is 0 Å². The van der Waals surface area contributed by atoms with E-state index in [1.54, 1.807) is 18.2 Å². The zero-order valence-electron chi connectivity index (χ0n) is 15.8. The number of rotatable bonds is 3. The third kappa shape index (κ3) is 3.83. The van der Waals surface area contributed by atoms with Gasteiger partial charge in [-0.15, -0.1) is 0 Å². The van der Waals surface area contributed by atoms with Crippen molar-refractivity contribution in [2.45, 2.75) is 50.6 Å². The molecule has 1 aliphatic rings. The molecule has 1 amide bonds. The van der Waals surface area contributed by atoms with Gasteiger partial charge in [0.25, 0.3) is 15.9 Å². The number of hydrogen-bond acceptors (Lipinski definition) is 3. The smallest absolute Gasteiger partial charge is 0.264 e. The number of sulfonamides is 1. The first-order valence-electron chi connectivity index (χ1n) is 8.74. The molecule has 3 rings (SSSR count). The Balaban J connectivity index is 1.96. The molecule has 0 aromatic heterocycles. The number of fused-ring (bicyclic) bond motifs is 1. The van der Waals surface area contributed by atoms with E-state index in [0.717, 1.165) is 17.7 Å². The summed E-state index contributed by atoms with van der Waals surface area (Å²) in [5, 5.41) is 2.90. The number of anilines is 1. The minimum atomic E-state index is -3.81. The standard InChI is InChI=1S/C20H23FN2O3S/c1-13-11-15-12-14(19(24)22-20(2,3)4)5-10-18(15)23(13)27(25,26)17-8-6-16(21)7-9-17/h5-10,12-13H,11H2,1-4H3,(H,22,24)/t13-/m1/s1. The van der Waals surface area contributed by atoms with Crippen molar-refractivity contribution in [2.75, 3.05) is 4.31 Å². The molecule has 0 fully saturated rings. The fraction of sp³-hybridized carbons (Fsp3) is 0.350. The second-order valence-corrected chi connectivity index (χ2v) is 9.67. The lowest BCUT2D eigenvalue weighted by Crippen LogP contribution is -2.40. The average molecular weight is 390 g/mol. The summed E-state index contributed by atoms with van der Waals surface area (Å²) in [4.78, 5) is 12.4. The van der Waals surface area contributed by atoms with Crippen LogP contribution in [0.5, 0.6) is 0 Å². The van der Waals surface area contributed by atoms with Crippen molar-refractivity contribution in [1.82, 2.24) is 5.32 Å². The molecule has 0 saturated carbocycles. The Kier molecular flexibility index (Phi) is 4.76. The molecule has 0 aliphatic carbocycles. The Bertz CT molecular complexity index is 979. The molecule has 0 saturated heterocycles. The lowest BCUT2D eigenvalue weighted by molar-refractivity contribution is 0.0919. The van der Waals surface area contributed by atoms with Crippen LogP contribution in [0.3, 0.4) is 0 Å². The summed E-state index contributed by atoms with van der Waals surface area (Å²) < 4.78 is 40.6. The summed E-state index contributed by atoms with van der Waals surface area (Å²) in [5.74, 6) is -0.684. The van der Waals surface area contributed by atoms with Crippen molar-refractivity contribution >= 4 is 21.6 Å². The summed E-state index contributed by atoms with van der Waals surface area (Å²) in [6.45, 7) is 7.52. The SMILES string of the molecule is C[C@@H]1Cc2cc(C(=O)NC(C)(C)C)ccc2N1S(=O)(=O)c1ccc(F)cc1. The van der Waals surface area contributed by atoms with Crippen molar-refractivity contribution in [3.63, 3.8) is 0 Å². The molecule has 0 spiro atoms. The lowest BCUT2D eigenvalue weighted by Gasteiger charge is -2.24. The number of benzene rings is 2. The summed E-state index contributed by atoms with van der Waals surface area (Å²) in [7, 11) is -3.81. The molecule has 1 aliphatic heterocycles. The second-order valence-electron chi connectivity index (χ2n) is 7.86. The van der Waals surface area contributed by atoms with Crippen LogP contribution in [-0.2, 0) is 16.4 Å². The molecule has 1 heterocycles. The van der Waals surface area contributed by atoms with E-state index in [4.69, 9.17) is 0 Å². The van der Waals surface area contributed by atoms with E-state index >= 15 is 0 Å². The van der Waals surface area contributed by atoms with Gasteiger partial charge in [-0.2, -0.15) is 0 Å². The van der Waals surface area contributed by atoms with Gasteiger partial charge in [-0.1, -0.05) is 0 Å². The van der Waals surface area contributed by atoms with Gasteiger partial charge in [0.2, 0.25) is 0 Å². The lowest BCUT2D eigenvalue weighted by atomic mass is 10.0. The van der Waals surface area contributed by atoms with E-state index < -0.39 is 15.8 Å². The van der Waals surface area contributed by atoms with Crippen LogP contribution in [0.4, 0.5) is 10.1 Å². The van der Waals surface area contributed by atoms with Crippen LogP contribution in [0.2, 0.25) is 0 Å². The number of nitrogens with one attached hydrogen (secondary N) is 1. The number of halogens is 1. The van der Waals surface area contributed by atoms with Gasteiger partial charge in [0.05, 0.1) is 10.6 Å². The number of carbonyl (C=O) groups excluding carboxylic acids is 1. The zero-order chi connectivity index (χ0) is 20.0. The fourth-order valence-electron chi connectivity index (χ4n) is 3.24. The highest BCUT2D eigenvalue weighted by Gasteiger charge is 2.36. The summed E-state index contributed by atoms with van der Waals surface area (Å²) in [5.41, 5.74) is 1.49. The average Bonchev–Trinajstić information content (AvgIpc) is 2.89. The Morgan fingerprint density at radius 1 is 1.15 bits per heavy atom. The first-order valence-corrected chi connectivity index (χ1v) is 10.2. The van der Waals surface area contributed by atoms with Gasteiger partial charge < -0.3 is 5.32 Å². The van der Waals surface area contributed by atoms with Gasteiger partial charge in [-0.25, -0.2) is 12.8 Å². The summed E-state index contributed by atoms with van der Waals surface area (Å²) in [6.07, 6.45) is 0.506. The predicted molar refractivity (Wildman–Crippen MR) is 103 cm³/mol. The number of hydrogen-bond donors (Lipinski definition) is 1. The van der Waals surface area contributed by atoms with Crippen LogP contribution in [-0.4, -0.2) is 25.9 Å². The van der Waals surface area contributed by atoms with E-state index in [9.17, 15) is 17.6 Å². The third-order valence-electron chi connectivity index (χ3n) is 4.35. The van der Waals surface area contributed by atoms with E-state index in [-0.39, 0.29) is 22.4 Å². The molecule has 2 aromatic rings. The van der Waals surface area contributed by atoms with Crippen LogP contribution >= 0.6 is 0 Å². The Labute approximate surface area is 159 Å². The first kappa shape index (κ1) is 19.4. The topological polar surface area (TPSA) is 66.5 Å². The van der Waals surface area contributed by atoms with Crippen LogP contribution in [0, 0.1) is 5.82 Å². The normalized spacial score (nSPS) is 16.9. The van der Waals surface area contributed by atoms with Gasteiger partial charge in [-0.3, -0.25) is 9.10 Å². The van der Waals surface area contributed by atoms with Crippen LogP contribution in [0.25, 0.3) is 0 Å². The highest BCUT2D eigenvalue weighted by atomic mass is 32.2. The molecule has 7 heteroatoms. The molecule has 5 nitrogen and oxygen atoms in total. The van der Waals surface area contributed by atoms with Crippen molar-refractivity contribution in [1.29, 1.82) is 0 Å². The van der Waals surface area contributed by atoms with Crippen LogP contribution in [0.1, 0.15) is 43.6 Å². The molecule has 144 valence electrons. The molecule has 1 atom stereocenters. The van der Waals surface area contributed by atoms with Gasteiger partial charge in [-0.05, 0) is 82.1 Å². The highest BCUT2D eigenvalue weighted by molar-refractivity contribution is 7.92. The minimum Gasteiger partial charge on any atom is -0.347 e. The van der Waals surface area contributed by atoms with Crippen LogP contribution in [0.15, 0.2) is 47.4 Å². The van der Waals surface area contributed by atoms with Crippen molar-refractivity contribution in [3.05, 3.63) is 59.4 Å². The molecule has 0 radical (unpaired) electrons. The molecule has 27 heavy (non-hydrogen) atoms. The second kappa shape index (κ2) is 6.64. The molecule has 2 aromatic carbocycles. The Morgan fingerprint density at radius 3 is 2.37 bits per heavy atom. The first-order chi connectivity index (χ1) is 12.5. The van der Waals surface area contributed by atoms with Gasteiger partial charge in [0, 0.05) is 17.1 Å². The van der Waals surface area contributed by atoms with Crippen molar-refractivity contribution in [3.8, 4) is 0 Å². The number of carbonyl (C=O) groups is 1. The number of amides is 1. The monoisotopic (exact) mass is 390 g/mol. The third-order valence-corrected chi connectivity index (χ3v) is 6.30. The van der Waals surface area contributed by atoms with Crippen LogP contribution < -0.4 is 9.62 Å². The van der Waals surface area contributed by atoms with E-state index in [2.05, 4.69) is 5.32 Å². The molecule has 0 unspecified atom stereocenters. The maximum Gasteiger partial charge on any atom is 0.264 e. The maximum atomic E-state index is 13.2.